The van der Waals surface area contributed by atoms with Crippen molar-refractivity contribution in [3.63, 3.8) is 0 Å². The molecular formula is C22H17Cl2N3O3. The van der Waals surface area contributed by atoms with Crippen molar-refractivity contribution in [2.45, 2.75) is 19.4 Å². The molecule has 0 atom stereocenters. The van der Waals surface area contributed by atoms with Gasteiger partial charge in [-0.3, -0.25) is 4.79 Å². The number of carbonyl (C=O) groups is 1. The van der Waals surface area contributed by atoms with E-state index in [-0.39, 0.29) is 5.91 Å². The third kappa shape index (κ3) is 4.25. The second kappa shape index (κ2) is 7.97. The predicted octanol–water partition coefficient (Wildman–Crippen LogP) is 5.99. The number of hydrogen-bond donors (Lipinski definition) is 1. The van der Waals surface area contributed by atoms with Crippen molar-refractivity contribution < 1.29 is 13.9 Å². The average molecular weight is 442 g/mol. The van der Waals surface area contributed by atoms with E-state index in [1.165, 1.54) is 0 Å². The molecule has 2 aromatic heterocycles. The lowest BCUT2D eigenvalue weighted by atomic mass is 10.1. The van der Waals surface area contributed by atoms with Crippen molar-refractivity contribution in [2.75, 3.05) is 5.32 Å². The molecule has 152 valence electrons. The molecule has 30 heavy (non-hydrogen) atoms. The molecule has 0 bridgehead atoms. The highest BCUT2D eigenvalue weighted by Crippen LogP contribution is 2.32. The second-order valence-electron chi connectivity index (χ2n) is 7.06. The standard InChI is InChI=1S/C22H17Cl2N3O3/c1-22(2,30-15-8-5-13(23)6-9-15)21(28)26-14-7-10-16(17(24)12-14)20-27-19-18(29-20)4-3-11-25-19/h3-12H,1-2H3,(H,26,28). The number of halogens is 2. The molecule has 0 unspecified atom stereocenters. The quantitative estimate of drug-likeness (QED) is 0.411. The van der Waals surface area contributed by atoms with Gasteiger partial charge in [-0.25, -0.2) is 4.98 Å². The number of oxazole rings is 1. The predicted molar refractivity (Wildman–Crippen MR) is 117 cm³/mol. The van der Waals surface area contributed by atoms with E-state index in [1.54, 1.807) is 74.6 Å². The van der Waals surface area contributed by atoms with Gasteiger partial charge >= 0.3 is 0 Å². The smallest absolute Gasteiger partial charge is 0.267 e. The monoisotopic (exact) mass is 441 g/mol. The van der Waals surface area contributed by atoms with Crippen LogP contribution in [-0.4, -0.2) is 21.5 Å². The fourth-order valence-corrected chi connectivity index (χ4v) is 3.16. The van der Waals surface area contributed by atoms with Crippen LogP contribution in [0.25, 0.3) is 22.7 Å². The molecule has 4 aromatic rings. The molecule has 2 aromatic carbocycles. The highest BCUT2D eigenvalue weighted by Gasteiger charge is 2.30. The van der Waals surface area contributed by atoms with E-state index in [1.807, 2.05) is 0 Å². The van der Waals surface area contributed by atoms with Crippen LogP contribution in [0.4, 0.5) is 5.69 Å². The number of pyridine rings is 1. The zero-order valence-electron chi connectivity index (χ0n) is 16.1. The first-order valence-corrected chi connectivity index (χ1v) is 9.85. The molecule has 1 N–H and O–H groups in total. The molecule has 0 saturated heterocycles. The highest BCUT2D eigenvalue weighted by atomic mass is 35.5. The van der Waals surface area contributed by atoms with Crippen LogP contribution >= 0.6 is 23.2 Å². The fourth-order valence-electron chi connectivity index (χ4n) is 2.78. The zero-order chi connectivity index (χ0) is 21.3. The summed E-state index contributed by atoms with van der Waals surface area (Å²) in [5, 5.41) is 3.80. The average Bonchev–Trinajstić information content (AvgIpc) is 3.13. The number of nitrogens with one attached hydrogen (secondary N) is 1. The maximum Gasteiger partial charge on any atom is 0.267 e. The number of aromatic nitrogens is 2. The lowest BCUT2D eigenvalue weighted by Crippen LogP contribution is -2.42. The maximum atomic E-state index is 12.7. The number of benzene rings is 2. The Kier molecular flexibility index (Phi) is 5.37. The minimum absolute atomic E-state index is 0.327. The number of ether oxygens (including phenoxy) is 1. The van der Waals surface area contributed by atoms with Gasteiger partial charge in [-0.1, -0.05) is 23.2 Å². The molecule has 0 aliphatic rings. The van der Waals surface area contributed by atoms with Crippen LogP contribution in [0, 0.1) is 0 Å². The molecule has 4 rings (SSSR count). The number of hydrogen-bond acceptors (Lipinski definition) is 5. The molecule has 1 amide bonds. The molecule has 0 radical (unpaired) electrons. The Hall–Kier alpha value is -3.09. The Morgan fingerprint density at radius 2 is 1.87 bits per heavy atom. The summed E-state index contributed by atoms with van der Waals surface area (Å²) in [6.45, 7) is 3.36. The number of nitrogens with zero attached hydrogens (tertiary/aromatic N) is 2. The van der Waals surface area contributed by atoms with E-state index in [2.05, 4.69) is 15.3 Å². The number of rotatable bonds is 5. The van der Waals surface area contributed by atoms with Crippen molar-refractivity contribution in [1.29, 1.82) is 0 Å². The fraction of sp³-hybridized carbons (Fsp3) is 0.136. The van der Waals surface area contributed by atoms with E-state index < -0.39 is 5.60 Å². The summed E-state index contributed by atoms with van der Waals surface area (Å²) >= 11 is 12.3. The second-order valence-corrected chi connectivity index (χ2v) is 7.90. The minimum Gasteiger partial charge on any atom is -0.478 e. The largest absolute Gasteiger partial charge is 0.478 e. The van der Waals surface area contributed by atoms with Gasteiger partial charge in [0.25, 0.3) is 5.91 Å². The number of carbonyl (C=O) groups excluding carboxylic acids is 1. The Bertz CT molecular complexity index is 1190. The van der Waals surface area contributed by atoms with Crippen LogP contribution in [0.3, 0.4) is 0 Å². The van der Waals surface area contributed by atoms with Crippen LogP contribution < -0.4 is 10.1 Å². The summed E-state index contributed by atoms with van der Waals surface area (Å²) in [6.07, 6.45) is 1.64. The molecule has 6 nitrogen and oxygen atoms in total. The van der Waals surface area contributed by atoms with Gasteiger partial charge in [0.05, 0.1) is 10.6 Å². The SMILES string of the molecule is CC(C)(Oc1ccc(Cl)cc1)C(=O)Nc1ccc(-c2nc3ncccc3o2)c(Cl)c1. The molecule has 8 heteroatoms. The molecule has 0 aliphatic carbocycles. The molecule has 0 fully saturated rings. The molecule has 2 heterocycles. The summed E-state index contributed by atoms with van der Waals surface area (Å²) in [7, 11) is 0. The third-order valence-corrected chi connectivity index (χ3v) is 4.92. The van der Waals surface area contributed by atoms with Crippen LogP contribution in [0.2, 0.25) is 10.0 Å². The van der Waals surface area contributed by atoms with E-state index in [0.717, 1.165) is 0 Å². The van der Waals surface area contributed by atoms with Gasteiger partial charge in [0, 0.05) is 16.9 Å². The van der Waals surface area contributed by atoms with Crippen molar-refractivity contribution in [3.8, 4) is 17.2 Å². The summed E-state index contributed by atoms with van der Waals surface area (Å²) < 4.78 is 11.5. The van der Waals surface area contributed by atoms with Crippen molar-refractivity contribution >= 4 is 46.0 Å². The first-order chi connectivity index (χ1) is 14.3. The molecular weight excluding hydrogens is 425 g/mol. The summed E-state index contributed by atoms with van der Waals surface area (Å²) in [6, 6.07) is 15.5. The van der Waals surface area contributed by atoms with Gasteiger partial charge in [-0.2, -0.15) is 4.98 Å². The zero-order valence-corrected chi connectivity index (χ0v) is 17.7. The van der Waals surface area contributed by atoms with E-state index in [9.17, 15) is 4.79 Å². The number of amides is 1. The summed E-state index contributed by atoms with van der Waals surface area (Å²) in [4.78, 5) is 21.2. The van der Waals surface area contributed by atoms with Gasteiger partial charge in [-0.15, -0.1) is 0 Å². The van der Waals surface area contributed by atoms with Crippen LogP contribution in [0.5, 0.6) is 5.75 Å². The topological polar surface area (TPSA) is 77.2 Å². The Morgan fingerprint density at radius 3 is 2.57 bits per heavy atom. The lowest BCUT2D eigenvalue weighted by molar-refractivity contribution is -0.128. The molecule has 0 saturated carbocycles. The number of anilines is 1. The highest BCUT2D eigenvalue weighted by molar-refractivity contribution is 6.33. The van der Waals surface area contributed by atoms with E-state index in [4.69, 9.17) is 32.4 Å². The lowest BCUT2D eigenvalue weighted by Gasteiger charge is -2.25. The summed E-state index contributed by atoms with van der Waals surface area (Å²) in [5.74, 6) is 0.572. The number of fused-ring (bicyclic) bond motifs is 1. The van der Waals surface area contributed by atoms with Crippen LogP contribution in [0.1, 0.15) is 13.8 Å². The van der Waals surface area contributed by atoms with Gasteiger partial charge in [-0.05, 0) is 68.4 Å². The van der Waals surface area contributed by atoms with Crippen LogP contribution in [-0.2, 0) is 4.79 Å². The Labute approximate surface area is 182 Å². The Balaban J connectivity index is 1.51. The van der Waals surface area contributed by atoms with Gasteiger partial charge in [0.2, 0.25) is 5.89 Å². The molecule has 0 spiro atoms. The van der Waals surface area contributed by atoms with Crippen molar-refractivity contribution in [1.82, 2.24) is 9.97 Å². The Morgan fingerprint density at radius 1 is 1.10 bits per heavy atom. The van der Waals surface area contributed by atoms with E-state index >= 15 is 0 Å². The minimum atomic E-state index is -1.12. The van der Waals surface area contributed by atoms with E-state index in [0.29, 0.717) is 44.2 Å². The van der Waals surface area contributed by atoms with Crippen molar-refractivity contribution in [3.05, 3.63) is 70.8 Å². The third-order valence-electron chi connectivity index (χ3n) is 4.36. The van der Waals surface area contributed by atoms with Gasteiger partial charge in [0.1, 0.15) is 5.75 Å². The van der Waals surface area contributed by atoms with Crippen molar-refractivity contribution in [2.24, 2.45) is 0 Å². The summed E-state index contributed by atoms with van der Waals surface area (Å²) in [5.41, 5.74) is 1.08. The first-order valence-electron chi connectivity index (χ1n) is 9.09. The molecule has 0 aliphatic heterocycles. The van der Waals surface area contributed by atoms with Gasteiger partial charge < -0.3 is 14.5 Å². The van der Waals surface area contributed by atoms with Crippen LogP contribution in [0.15, 0.2) is 65.2 Å². The van der Waals surface area contributed by atoms with Gasteiger partial charge in [0.15, 0.2) is 16.8 Å². The maximum absolute atomic E-state index is 12.7. The first kappa shape index (κ1) is 20.2. The normalized spacial score (nSPS) is 11.5.